The van der Waals surface area contributed by atoms with E-state index in [9.17, 15) is 33.9 Å². The number of hydrogen-bond donors (Lipinski definition) is 11. The number of likely N-dealkylation sites (tertiary alicyclic amines) is 1. The van der Waals surface area contributed by atoms with Gasteiger partial charge in [0, 0.05) is 19.6 Å². The second kappa shape index (κ2) is 25.4. The number of aliphatic carboxylic acids is 1. The van der Waals surface area contributed by atoms with Gasteiger partial charge in [-0.1, -0.05) is 34.1 Å². The van der Waals surface area contributed by atoms with Crippen LogP contribution >= 0.6 is 0 Å². The lowest BCUT2D eigenvalue weighted by molar-refractivity contribution is -0.145. The Bertz CT molecular complexity index is 1320. The third kappa shape index (κ3) is 18.0. The topological polar surface area (TPSA) is 355 Å². The van der Waals surface area contributed by atoms with Crippen LogP contribution in [0.25, 0.3) is 0 Å². The summed E-state index contributed by atoms with van der Waals surface area (Å²) in [5.74, 6) is -4.74. The highest BCUT2D eigenvalue weighted by atomic mass is 16.4. The minimum absolute atomic E-state index is 0.0847. The molecule has 55 heavy (non-hydrogen) atoms. The Labute approximate surface area is 324 Å². The maximum Gasteiger partial charge on any atom is 0.326 e. The van der Waals surface area contributed by atoms with Crippen molar-refractivity contribution in [3.8, 4) is 0 Å². The van der Waals surface area contributed by atoms with Gasteiger partial charge in [-0.3, -0.25) is 34.0 Å². The van der Waals surface area contributed by atoms with Crippen LogP contribution in [0.3, 0.4) is 0 Å². The van der Waals surface area contributed by atoms with Gasteiger partial charge in [0.05, 0.1) is 6.04 Å². The quantitative estimate of drug-likeness (QED) is 0.0249. The van der Waals surface area contributed by atoms with E-state index in [1.54, 1.807) is 6.92 Å². The van der Waals surface area contributed by atoms with Crippen molar-refractivity contribution in [2.75, 3.05) is 26.2 Å². The first-order valence-electron chi connectivity index (χ1n) is 19.2. The van der Waals surface area contributed by atoms with Gasteiger partial charge in [0.25, 0.3) is 0 Å². The van der Waals surface area contributed by atoms with Gasteiger partial charge in [-0.15, -0.1) is 0 Å². The fraction of sp³-hybridized carbons (Fsp3) is 0.771. The molecule has 1 aliphatic heterocycles. The fourth-order valence-corrected chi connectivity index (χ4v) is 6.17. The number of carboxylic acids is 1. The maximum absolute atomic E-state index is 14.1. The molecule has 0 bridgehead atoms. The molecular formula is C35H67N13O7. The first-order chi connectivity index (χ1) is 25.9. The first kappa shape index (κ1) is 48.3. The molecule has 1 saturated heterocycles. The number of guanidine groups is 2. The molecular weight excluding hydrogens is 714 g/mol. The summed E-state index contributed by atoms with van der Waals surface area (Å²) in [7, 11) is 0. The highest BCUT2D eigenvalue weighted by Gasteiger charge is 2.40. The zero-order valence-corrected chi connectivity index (χ0v) is 32.9. The Morgan fingerprint density at radius 2 is 1.33 bits per heavy atom. The summed E-state index contributed by atoms with van der Waals surface area (Å²) in [5.41, 5.74) is 33.5. The Morgan fingerprint density at radius 3 is 1.85 bits per heavy atom. The van der Waals surface area contributed by atoms with Crippen molar-refractivity contribution in [3.05, 3.63) is 0 Å². The lowest BCUT2D eigenvalue weighted by atomic mass is 9.96. The molecule has 1 heterocycles. The largest absolute Gasteiger partial charge is 0.480 e. The molecule has 1 rings (SSSR count). The number of carboxylic acid groups (broad SMARTS) is 1. The van der Waals surface area contributed by atoms with Crippen LogP contribution in [-0.4, -0.2) is 120 Å². The van der Waals surface area contributed by atoms with Crippen molar-refractivity contribution in [1.29, 1.82) is 0 Å². The molecule has 0 radical (unpaired) electrons. The molecule has 0 aliphatic carbocycles. The molecule has 1 aliphatic rings. The smallest absolute Gasteiger partial charge is 0.326 e. The average molecular weight is 782 g/mol. The Balaban J connectivity index is 3.33. The number of aliphatic imine (C=N–C) groups is 2. The van der Waals surface area contributed by atoms with Crippen LogP contribution in [0, 0.1) is 11.8 Å². The Hall–Kier alpha value is -4.72. The van der Waals surface area contributed by atoms with Gasteiger partial charge in [0.15, 0.2) is 11.9 Å². The number of amides is 5. The van der Waals surface area contributed by atoms with Crippen LogP contribution in [0.5, 0.6) is 0 Å². The molecule has 314 valence electrons. The molecule has 0 spiro atoms. The standard InChI is InChI=1S/C35H67N13O7/c1-5-21(4)27(47-29(50)23(12-8-16-42-34(38)39)44-28(49)22(37)19-20(2)3)31(52)45-24(13-9-17-43-35(40)41)32(53)48-18-10-14-26(48)30(51)46-25(33(54)55)11-6-7-15-36/h20-27H,5-19,36-37H2,1-4H3,(H,44,49)(H,45,52)(H,46,51)(H,47,50)(H,54,55)(H4,38,39,42)(H4,40,41,43)/t21-,22-,23-,24-,25-,26-,27-/m0/s1. The monoisotopic (exact) mass is 782 g/mol. The van der Waals surface area contributed by atoms with Gasteiger partial charge in [-0.2, -0.15) is 0 Å². The van der Waals surface area contributed by atoms with Gasteiger partial charge in [0.1, 0.15) is 30.2 Å². The first-order valence-corrected chi connectivity index (χ1v) is 19.2. The number of nitrogens with two attached hydrogens (primary N) is 6. The summed E-state index contributed by atoms with van der Waals surface area (Å²) in [6.45, 7) is 8.36. The minimum atomic E-state index is -1.20. The highest BCUT2D eigenvalue weighted by molar-refractivity contribution is 5.96. The van der Waals surface area contributed by atoms with Crippen LogP contribution < -0.4 is 55.7 Å². The summed E-state index contributed by atoms with van der Waals surface area (Å²) in [5, 5.41) is 20.5. The van der Waals surface area contributed by atoms with Crippen LogP contribution in [0.2, 0.25) is 0 Å². The average Bonchev–Trinajstić information content (AvgIpc) is 3.61. The zero-order valence-electron chi connectivity index (χ0n) is 32.9. The lowest BCUT2D eigenvalue weighted by Crippen LogP contribution is -2.60. The van der Waals surface area contributed by atoms with Crippen LogP contribution in [0.15, 0.2) is 9.98 Å². The summed E-state index contributed by atoms with van der Waals surface area (Å²) in [6.07, 6.45) is 3.72. The molecule has 5 amide bonds. The molecule has 0 unspecified atom stereocenters. The second-order valence-electron chi connectivity index (χ2n) is 14.5. The summed E-state index contributed by atoms with van der Waals surface area (Å²) >= 11 is 0. The van der Waals surface area contributed by atoms with Gasteiger partial charge in [-0.25, -0.2) is 4.79 Å². The van der Waals surface area contributed by atoms with E-state index in [4.69, 9.17) is 34.4 Å². The SMILES string of the molecule is CC[C@H](C)[C@H](NC(=O)[C@H](CCCN=C(N)N)NC(=O)[C@@H](N)CC(C)C)C(=O)N[C@@H](CCCN=C(N)N)C(=O)N1CCC[C@H]1C(=O)N[C@@H](CCCCN)C(=O)O. The summed E-state index contributed by atoms with van der Waals surface area (Å²) in [4.78, 5) is 89.5. The molecule has 1 fully saturated rings. The van der Waals surface area contributed by atoms with E-state index in [2.05, 4.69) is 31.3 Å². The normalized spacial score (nSPS) is 17.1. The van der Waals surface area contributed by atoms with Crippen molar-refractivity contribution in [2.24, 2.45) is 56.2 Å². The summed E-state index contributed by atoms with van der Waals surface area (Å²) < 4.78 is 0. The zero-order chi connectivity index (χ0) is 41.7. The number of hydrogen-bond acceptors (Lipinski definition) is 10. The van der Waals surface area contributed by atoms with E-state index < -0.39 is 77.7 Å². The maximum atomic E-state index is 14.1. The number of nitrogens with zero attached hydrogens (tertiary/aromatic N) is 3. The van der Waals surface area contributed by atoms with Crippen molar-refractivity contribution in [3.63, 3.8) is 0 Å². The van der Waals surface area contributed by atoms with Crippen LogP contribution in [0.1, 0.15) is 98.3 Å². The summed E-state index contributed by atoms with van der Waals surface area (Å²) in [6, 6.07) is -6.34. The van der Waals surface area contributed by atoms with E-state index in [1.165, 1.54) is 4.90 Å². The fourth-order valence-electron chi connectivity index (χ4n) is 6.17. The number of rotatable bonds is 26. The van der Waals surface area contributed by atoms with Crippen molar-refractivity contribution in [2.45, 2.75) is 135 Å². The van der Waals surface area contributed by atoms with Crippen LogP contribution in [-0.2, 0) is 28.8 Å². The molecule has 20 nitrogen and oxygen atoms in total. The van der Waals surface area contributed by atoms with E-state index in [1.807, 2.05) is 20.8 Å². The van der Waals surface area contributed by atoms with Gasteiger partial charge >= 0.3 is 5.97 Å². The number of carbonyl (C=O) groups excluding carboxylic acids is 5. The molecule has 0 aromatic carbocycles. The van der Waals surface area contributed by atoms with E-state index >= 15 is 0 Å². The second-order valence-corrected chi connectivity index (χ2v) is 14.5. The third-order valence-corrected chi connectivity index (χ3v) is 9.39. The molecule has 7 atom stereocenters. The predicted molar refractivity (Wildman–Crippen MR) is 210 cm³/mol. The number of carbonyl (C=O) groups is 6. The highest BCUT2D eigenvalue weighted by Crippen LogP contribution is 2.21. The van der Waals surface area contributed by atoms with Crippen molar-refractivity contribution in [1.82, 2.24) is 26.2 Å². The Morgan fingerprint density at radius 1 is 0.764 bits per heavy atom. The number of nitrogens with one attached hydrogen (secondary N) is 4. The predicted octanol–water partition coefficient (Wildman–Crippen LogP) is -2.34. The third-order valence-electron chi connectivity index (χ3n) is 9.39. The van der Waals surface area contributed by atoms with Crippen molar-refractivity contribution < 1.29 is 33.9 Å². The lowest BCUT2D eigenvalue weighted by Gasteiger charge is -2.32. The van der Waals surface area contributed by atoms with E-state index in [0.717, 1.165) is 0 Å². The van der Waals surface area contributed by atoms with Gasteiger partial charge in [0.2, 0.25) is 29.5 Å². The van der Waals surface area contributed by atoms with Crippen molar-refractivity contribution >= 4 is 47.4 Å². The molecule has 0 aromatic heterocycles. The van der Waals surface area contributed by atoms with E-state index in [-0.39, 0.29) is 63.2 Å². The molecule has 20 heteroatoms. The molecule has 17 N–H and O–H groups in total. The van der Waals surface area contributed by atoms with Gasteiger partial charge in [-0.05, 0) is 82.6 Å². The van der Waals surface area contributed by atoms with Gasteiger partial charge < -0.3 is 65.7 Å². The van der Waals surface area contributed by atoms with E-state index in [0.29, 0.717) is 51.5 Å². The molecule has 0 aromatic rings. The minimum Gasteiger partial charge on any atom is -0.480 e. The van der Waals surface area contributed by atoms with Crippen LogP contribution in [0.4, 0.5) is 0 Å². The molecule has 0 saturated carbocycles. The number of unbranched alkanes of at least 4 members (excludes halogenated alkanes) is 1. The Kier molecular flexibility index (Phi) is 22.3.